The van der Waals surface area contributed by atoms with Crippen LogP contribution >= 0.6 is 11.5 Å². The summed E-state index contributed by atoms with van der Waals surface area (Å²) in [7, 11) is 0. The van der Waals surface area contributed by atoms with Crippen molar-refractivity contribution in [3.63, 3.8) is 0 Å². The van der Waals surface area contributed by atoms with E-state index in [2.05, 4.69) is 42.3 Å². The minimum Gasteiger partial charge on any atom is -0.343 e. The average molecular weight is 282 g/mol. The Balaban J connectivity index is 2.05. The average Bonchev–Trinajstić information content (AvgIpc) is 2.86. The van der Waals surface area contributed by atoms with Crippen molar-refractivity contribution in [2.45, 2.75) is 65.0 Å². The van der Waals surface area contributed by atoms with Gasteiger partial charge in [0.05, 0.1) is 0 Å². The number of hydrogen-bond acceptors (Lipinski definition) is 5. The lowest BCUT2D eigenvalue weighted by Gasteiger charge is -2.35. The molecule has 0 bridgehead atoms. The van der Waals surface area contributed by atoms with E-state index in [0.29, 0.717) is 18.0 Å². The van der Waals surface area contributed by atoms with Crippen LogP contribution in [0.3, 0.4) is 0 Å². The molecule has 0 aliphatic carbocycles. The number of anilines is 1. The summed E-state index contributed by atoms with van der Waals surface area (Å²) < 4.78 is 4.49. The maximum absolute atomic E-state index is 4.72. The van der Waals surface area contributed by atoms with Gasteiger partial charge >= 0.3 is 0 Å². The highest BCUT2D eigenvalue weighted by Gasteiger charge is 2.25. The molecule has 0 spiro atoms. The molecule has 2 rings (SSSR count). The second-order valence-electron chi connectivity index (χ2n) is 6.00. The van der Waals surface area contributed by atoms with Crippen molar-refractivity contribution >= 4 is 16.7 Å². The number of hydrogen-bond donors (Lipinski definition) is 1. The van der Waals surface area contributed by atoms with Crippen LogP contribution in [0.25, 0.3) is 0 Å². The molecule has 1 aliphatic rings. The molecule has 1 aromatic heterocycles. The number of nitrogens with one attached hydrogen (secondary N) is 1. The largest absolute Gasteiger partial charge is 0.343 e. The summed E-state index contributed by atoms with van der Waals surface area (Å²) in [5.41, 5.74) is 0. The fourth-order valence-electron chi connectivity index (χ4n) is 2.41. The standard InChI is InChI=1S/C14H26N4S/c1-10(2)13-16-14(19-17-13)18-8-6-5-7-12(18)9-15-11(3)4/h10-12,15H,5-9H2,1-4H3. The topological polar surface area (TPSA) is 41.0 Å². The predicted molar refractivity (Wildman–Crippen MR) is 82.1 cm³/mol. The number of rotatable bonds is 5. The van der Waals surface area contributed by atoms with Gasteiger partial charge in [0.2, 0.25) is 5.13 Å². The Kier molecular flexibility index (Phi) is 5.16. The summed E-state index contributed by atoms with van der Waals surface area (Å²) in [6, 6.07) is 1.12. The van der Waals surface area contributed by atoms with Gasteiger partial charge in [-0.15, -0.1) is 0 Å². The fraction of sp³-hybridized carbons (Fsp3) is 0.857. The van der Waals surface area contributed by atoms with Gasteiger partial charge in [0.25, 0.3) is 0 Å². The van der Waals surface area contributed by atoms with Crippen LogP contribution in [0.1, 0.15) is 58.7 Å². The monoisotopic (exact) mass is 282 g/mol. The first kappa shape index (κ1) is 14.7. The van der Waals surface area contributed by atoms with Crippen molar-refractivity contribution in [1.82, 2.24) is 14.7 Å². The number of aromatic nitrogens is 2. The van der Waals surface area contributed by atoms with Crippen LogP contribution in [0.5, 0.6) is 0 Å². The lowest BCUT2D eigenvalue weighted by molar-refractivity contribution is 0.420. The van der Waals surface area contributed by atoms with Crippen LogP contribution < -0.4 is 10.2 Å². The molecule has 5 heteroatoms. The molecule has 1 N–H and O–H groups in total. The van der Waals surface area contributed by atoms with Crippen LogP contribution in [0.4, 0.5) is 5.13 Å². The van der Waals surface area contributed by atoms with E-state index in [1.165, 1.54) is 19.3 Å². The van der Waals surface area contributed by atoms with Gasteiger partial charge in [0.15, 0.2) is 0 Å². The second kappa shape index (κ2) is 6.66. The quantitative estimate of drug-likeness (QED) is 0.901. The fourth-order valence-corrected chi connectivity index (χ4v) is 3.32. The molecule has 108 valence electrons. The highest BCUT2D eigenvalue weighted by molar-refractivity contribution is 7.09. The van der Waals surface area contributed by atoms with Crippen molar-refractivity contribution in [2.24, 2.45) is 0 Å². The Morgan fingerprint density at radius 2 is 2.11 bits per heavy atom. The minimum atomic E-state index is 0.419. The summed E-state index contributed by atoms with van der Waals surface area (Å²) in [5, 5.41) is 4.67. The Bertz CT molecular complexity index is 389. The molecule has 0 radical (unpaired) electrons. The summed E-state index contributed by atoms with van der Waals surface area (Å²) in [5.74, 6) is 1.41. The van der Waals surface area contributed by atoms with Gasteiger partial charge in [-0.2, -0.15) is 4.37 Å². The third kappa shape index (κ3) is 3.89. The maximum Gasteiger partial charge on any atom is 0.205 e. The molecule has 1 aliphatic heterocycles. The Hall–Kier alpha value is -0.680. The Labute approximate surface area is 120 Å². The van der Waals surface area contributed by atoms with Crippen molar-refractivity contribution < 1.29 is 0 Å². The van der Waals surface area contributed by atoms with Crippen molar-refractivity contribution in [1.29, 1.82) is 0 Å². The van der Waals surface area contributed by atoms with Crippen molar-refractivity contribution in [2.75, 3.05) is 18.0 Å². The molecule has 1 saturated heterocycles. The first-order chi connectivity index (χ1) is 9.08. The zero-order chi connectivity index (χ0) is 13.8. The smallest absolute Gasteiger partial charge is 0.205 e. The molecule has 0 saturated carbocycles. The first-order valence-corrected chi connectivity index (χ1v) is 8.19. The lowest BCUT2D eigenvalue weighted by atomic mass is 10.0. The van der Waals surface area contributed by atoms with Crippen molar-refractivity contribution in [3.05, 3.63) is 5.82 Å². The number of piperidine rings is 1. The lowest BCUT2D eigenvalue weighted by Crippen LogP contribution is -2.46. The van der Waals surface area contributed by atoms with Gasteiger partial charge in [-0.25, -0.2) is 4.98 Å². The molecule has 1 unspecified atom stereocenters. The highest BCUT2D eigenvalue weighted by Crippen LogP contribution is 2.27. The molecule has 1 atom stereocenters. The van der Waals surface area contributed by atoms with E-state index in [0.717, 1.165) is 24.0 Å². The van der Waals surface area contributed by atoms with E-state index in [-0.39, 0.29) is 0 Å². The first-order valence-electron chi connectivity index (χ1n) is 7.41. The minimum absolute atomic E-state index is 0.419. The molecular weight excluding hydrogens is 256 g/mol. The van der Waals surface area contributed by atoms with Gasteiger partial charge < -0.3 is 10.2 Å². The van der Waals surface area contributed by atoms with Crippen LogP contribution in [-0.2, 0) is 0 Å². The summed E-state index contributed by atoms with van der Waals surface area (Å²) >= 11 is 1.56. The van der Waals surface area contributed by atoms with E-state index in [4.69, 9.17) is 4.98 Å². The third-order valence-electron chi connectivity index (χ3n) is 3.58. The summed E-state index contributed by atoms with van der Waals surface area (Å²) in [6.07, 6.45) is 3.86. The third-order valence-corrected chi connectivity index (χ3v) is 4.35. The van der Waals surface area contributed by atoms with E-state index in [1.54, 1.807) is 11.5 Å². The molecule has 1 aromatic rings. The van der Waals surface area contributed by atoms with Crippen LogP contribution in [-0.4, -0.2) is 34.5 Å². The molecule has 19 heavy (non-hydrogen) atoms. The molecule has 0 amide bonds. The number of nitrogens with zero attached hydrogens (tertiary/aromatic N) is 3. The maximum atomic E-state index is 4.72. The van der Waals surface area contributed by atoms with Gasteiger partial charge in [0.1, 0.15) is 5.82 Å². The highest BCUT2D eigenvalue weighted by atomic mass is 32.1. The summed E-state index contributed by atoms with van der Waals surface area (Å²) in [4.78, 5) is 7.18. The second-order valence-corrected chi connectivity index (χ2v) is 6.73. The van der Waals surface area contributed by atoms with E-state index < -0.39 is 0 Å². The van der Waals surface area contributed by atoms with E-state index in [1.807, 2.05) is 0 Å². The zero-order valence-corrected chi connectivity index (χ0v) is 13.3. The van der Waals surface area contributed by atoms with E-state index >= 15 is 0 Å². The van der Waals surface area contributed by atoms with Crippen LogP contribution in [0, 0.1) is 0 Å². The van der Waals surface area contributed by atoms with Gasteiger partial charge in [-0.3, -0.25) is 0 Å². The molecule has 1 fully saturated rings. The van der Waals surface area contributed by atoms with Gasteiger partial charge in [-0.1, -0.05) is 27.7 Å². The predicted octanol–water partition coefficient (Wildman–Crippen LogP) is 3.02. The van der Waals surface area contributed by atoms with Crippen LogP contribution in [0.15, 0.2) is 0 Å². The molecule has 4 nitrogen and oxygen atoms in total. The Morgan fingerprint density at radius 1 is 1.32 bits per heavy atom. The zero-order valence-electron chi connectivity index (χ0n) is 12.5. The normalized spacial score (nSPS) is 20.5. The van der Waals surface area contributed by atoms with Crippen molar-refractivity contribution in [3.8, 4) is 0 Å². The van der Waals surface area contributed by atoms with Crippen LogP contribution in [0.2, 0.25) is 0 Å². The van der Waals surface area contributed by atoms with E-state index in [9.17, 15) is 0 Å². The summed E-state index contributed by atoms with van der Waals surface area (Å²) in [6.45, 7) is 10.9. The molecular formula is C14H26N4S. The SMILES string of the molecule is CC(C)NCC1CCCCN1c1nc(C(C)C)ns1. The molecule has 2 heterocycles. The van der Waals surface area contributed by atoms with Gasteiger partial charge in [0, 0.05) is 42.6 Å². The van der Waals surface area contributed by atoms with Gasteiger partial charge in [-0.05, 0) is 19.3 Å². The Morgan fingerprint density at radius 3 is 2.74 bits per heavy atom. The molecule has 0 aromatic carbocycles.